The molecule has 1 aliphatic rings. The van der Waals surface area contributed by atoms with Crippen molar-refractivity contribution in [2.24, 2.45) is 0 Å². The van der Waals surface area contributed by atoms with E-state index in [9.17, 15) is 5.11 Å². The molecule has 118 valence electrons. The number of rotatable bonds is 5. The lowest BCUT2D eigenvalue weighted by molar-refractivity contribution is 0.0437. The zero-order chi connectivity index (χ0) is 15.4. The second-order valence-electron chi connectivity index (χ2n) is 6.18. The molecule has 1 saturated heterocycles. The molecule has 0 amide bonds. The minimum absolute atomic E-state index is 0.323. The fourth-order valence-corrected chi connectivity index (χ4v) is 3.04. The highest BCUT2D eigenvalue weighted by Crippen LogP contribution is 2.26. The van der Waals surface area contributed by atoms with Gasteiger partial charge in [0.1, 0.15) is 18.5 Å². The fourth-order valence-electron chi connectivity index (χ4n) is 2.93. The highest BCUT2D eigenvalue weighted by molar-refractivity contribution is 6.32. The van der Waals surface area contributed by atoms with Gasteiger partial charge >= 0.3 is 0 Å². The molecule has 0 saturated carbocycles. The topological polar surface area (TPSA) is 32.7 Å². The summed E-state index contributed by atoms with van der Waals surface area (Å²) in [5, 5.41) is 11.0. The first kappa shape index (κ1) is 16.6. The fraction of sp³-hybridized carbons (Fsp3) is 0.647. The van der Waals surface area contributed by atoms with Crippen molar-refractivity contribution >= 4 is 11.6 Å². The van der Waals surface area contributed by atoms with Crippen LogP contribution >= 0.6 is 11.6 Å². The number of piperidine rings is 1. The smallest absolute Gasteiger partial charge is 0.120 e. The standard InChI is InChI=1S/C17H26ClNO2/c1-12-8-16(9-13(2)17(12)18)21-11-15(20)10-19-7-5-4-6-14(19)3/h8-9,14-15,20H,4-7,10-11H2,1-3H3. The van der Waals surface area contributed by atoms with Gasteiger partial charge < -0.3 is 9.84 Å². The van der Waals surface area contributed by atoms with Crippen molar-refractivity contribution in [3.05, 3.63) is 28.3 Å². The van der Waals surface area contributed by atoms with E-state index >= 15 is 0 Å². The maximum Gasteiger partial charge on any atom is 0.120 e. The van der Waals surface area contributed by atoms with Gasteiger partial charge in [0.05, 0.1) is 0 Å². The molecule has 1 heterocycles. The number of hydrogen-bond acceptors (Lipinski definition) is 3. The highest BCUT2D eigenvalue weighted by Gasteiger charge is 2.21. The molecule has 2 rings (SSSR count). The Hall–Kier alpha value is -0.770. The molecule has 21 heavy (non-hydrogen) atoms. The lowest BCUT2D eigenvalue weighted by Gasteiger charge is -2.34. The second-order valence-corrected chi connectivity index (χ2v) is 6.55. The van der Waals surface area contributed by atoms with E-state index in [0.717, 1.165) is 28.4 Å². The number of aryl methyl sites for hydroxylation is 2. The van der Waals surface area contributed by atoms with Crippen LogP contribution in [0.1, 0.15) is 37.3 Å². The number of ether oxygens (including phenoxy) is 1. The maximum absolute atomic E-state index is 10.2. The van der Waals surface area contributed by atoms with Gasteiger partial charge in [0.25, 0.3) is 0 Å². The van der Waals surface area contributed by atoms with Crippen LogP contribution in [0.4, 0.5) is 0 Å². The Morgan fingerprint density at radius 2 is 2.00 bits per heavy atom. The van der Waals surface area contributed by atoms with Crippen LogP contribution in [0.5, 0.6) is 5.75 Å². The van der Waals surface area contributed by atoms with Gasteiger partial charge in [0.15, 0.2) is 0 Å². The summed E-state index contributed by atoms with van der Waals surface area (Å²) in [7, 11) is 0. The first-order valence-corrected chi connectivity index (χ1v) is 8.17. The third-order valence-corrected chi connectivity index (χ3v) is 4.83. The molecule has 3 nitrogen and oxygen atoms in total. The zero-order valence-corrected chi connectivity index (χ0v) is 14.0. The van der Waals surface area contributed by atoms with Crippen molar-refractivity contribution in [3.63, 3.8) is 0 Å². The van der Waals surface area contributed by atoms with Gasteiger partial charge in [-0.1, -0.05) is 18.0 Å². The molecule has 2 atom stereocenters. The monoisotopic (exact) mass is 311 g/mol. The number of hydrogen-bond donors (Lipinski definition) is 1. The maximum atomic E-state index is 10.2. The molecule has 1 N–H and O–H groups in total. The van der Waals surface area contributed by atoms with E-state index < -0.39 is 6.10 Å². The molecular formula is C17H26ClNO2. The van der Waals surface area contributed by atoms with Crippen LogP contribution in [0.15, 0.2) is 12.1 Å². The van der Waals surface area contributed by atoms with Crippen LogP contribution in [0.25, 0.3) is 0 Å². The van der Waals surface area contributed by atoms with Gasteiger partial charge in [-0.25, -0.2) is 0 Å². The minimum Gasteiger partial charge on any atom is -0.491 e. The van der Waals surface area contributed by atoms with E-state index in [2.05, 4.69) is 11.8 Å². The number of benzene rings is 1. The van der Waals surface area contributed by atoms with Gasteiger partial charge in [0.2, 0.25) is 0 Å². The summed E-state index contributed by atoms with van der Waals surface area (Å²) in [4.78, 5) is 2.36. The average molecular weight is 312 g/mol. The Morgan fingerprint density at radius 1 is 1.33 bits per heavy atom. The number of likely N-dealkylation sites (tertiary alicyclic amines) is 1. The molecule has 1 aromatic carbocycles. The number of nitrogens with zero attached hydrogens (tertiary/aromatic N) is 1. The van der Waals surface area contributed by atoms with Crippen LogP contribution in [0, 0.1) is 13.8 Å². The van der Waals surface area contributed by atoms with E-state index in [1.807, 2.05) is 26.0 Å². The summed E-state index contributed by atoms with van der Waals surface area (Å²) in [5.41, 5.74) is 2.01. The number of aliphatic hydroxyl groups excluding tert-OH is 1. The van der Waals surface area contributed by atoms with Crippen molar-refractivity contribution in [1.82, 2.24) is 4.90 Å². The summed E-state index contributed by atoms with van der Waals surface area (Å²) >= 11 is 6.15. The predicted octanol–water partition coefficient (Wildman–Crippen LogP) is 3.57. The number of β-amino-alcohol motifs (C(OH)–C–C–N with tert-alkyl or cyclic N) is 1. The molecule has 4 heteroatoms. The van der Waals surface area contributed by atoms with Crippen molar-refractivity contribution in [3.8, 4) is 5.75 Å². The Morgan fingerprint density at radius 3 is 2.62 bits per heavy atom. The molecule has 1 aliphatic heterocycles. The SMILES string of the molecule is Cc1cc(OCC(O)CN2CCCCC2C)cc(C)c1Cl. The first-order valence-electron chi connectivity index (χ1n) is 7.79. The highest BCUT2D eigenvalue weighted by atomic mass is 35.5. The Bertz CT molecular complexity index is 455. The summed E-state index contributed by atoms with van der Waals surface area (Å²) in [6, 6.07) is 4.41. The largest absolute Gasteiger partial charge is 0.491 e. The van der Waals surface area contributed by atoms with Gasteiger partial charge in [-0.2, -0.15) is 0 Å². The quantitative estimate of drug-likeness (QED) is 0.902. The summed E-state index contributed by atoms with van der Waals surface area (Å²) in [6.07, 6.45) is 3.30. The van der Waals surface area contributed by atoms with Crippen LogP contribution in [-0.4, -0.2) is 41.8 Å². The summed E-state index contributed by atoms with van der Waals surface area (Å²) in [6.45, 7) is 8.26. The number of aliphatic hydroxyl groups is 1. The molecular weight excluding hydrogens is 286 g/mol. The predicted molar refractivity (Wildman–Crippen MR) is 87.3 cm³/mol. The van der Waals surface area contributed by atoms with Crippen molar-refractivity contribution < 1.29 is 9.84 Å². The Labute approximate surface area is 132 Å². The second kappa shape index (κ2) is 7.48. The normalized spacial score (nSPS) is 21.3. The van der Waals surface area contributed by atoms with E-state index in [1.165, 1.54) is 19.3 Å². The molecule has 0 bridgehead atoms. The molecule has 0 spiro atoms. The molecule has 0 aromatic heterocycles. The third-order valence-electron chi connectivity index (χ3n) is 4.24. The number of halogens is 1. The van der Waals surface area contributed by atoms with E-state index in [0.29, 0.717) is 19.2 Å². The molecule has 2 unspecified atom stereocenters. The molecule has 1 fully saturated rings. The molecule has 0 aliphatic carbocycles. The van der Waals surface area contributed by atoms with Gasteiger partial charge in [-0.15, -0.1) is 0 Å². The third kappa shape index (κ3) is 4.60. The average Bonchev–Trinajstić information content (AvgIpc) is 2.45. The van der Waals surface area contributed by atoms with Gasteiger partial charge in [-0.05, 0) is 63.4 Å². The van der Waals surface area contributed by atoms with Crippen LogP contribution < -0.4 is 4.74 Å². The molecule has 0 radical (unpaired) electrons. The lowest BCUT2D eigenvalue weighted by atomic mass is 10.0. The van der Waals surface area contributed by atoms with Crippen LogP contribution in [-0.2, 0) is 0 Å². The van der Waals surface area contributed by atoms with Gasteiger partial charge in [0, 0.05) is 17.6 Å². The Kier molecular flexibility index (Phi) is 5.91. The van der Waals surface area contributed by atoms with Crippen LogP contribution in [0.2, 0.25) is 5.02 Å². The van der Waals surface area contributed by atoms with E-state index in [4.69, 9.17) is 16.3 Å². The summed E-state index contributed by atoms with van der Waals surface area (Å²) in [5.74, 6) is 0.778. The van der Waals surface area contributed by atoms with Crippen molar-refractivity contribution in [2.75, 3.05) is 19.7 Å². The van der Waals surface area contributed by atoms with Crippen molar-refractivity contribution in [1.29, 1.82) is 0 Å². The van der Waals surface area contributed by atoms with Crippen LogP contribution in [0.3, 0.4) is 0 Å². The lowest BCUT2D eigenvalue weighted by Crippen LogP contribution is -2.43. The zero-order valence-electron chi connectivity index (χ0n) is 13.2. The van der Waals surface area contributed by atoms with E-state index in [1.54, 1.807) is 0 Å². The van der Waals surface area contributed by atoms with Gasteiger partial charge in [-0.3, -0.25) is 4.90 Å². The van der Waals surface area contributed by atoms with E-state index in [-0.39, 0.29) is 0 Å². The Balaban J connectivity index is 1.85. The van der Waals surface area contributed by atoms with Crippen molar-refractivity contribution in [2.45, 2.75) is 52.2 Å². The first-order chi connectivity index (χ1) is 9.97. The molecule has 1 aromatic rings. The minimum atomic E-state index is -0.457. The summed E-state index contributed by atoms with van der Waals surface area (Å²) < 4.78 is 5.73.